The van der Waals surface area contributed by atoms with Crippen molar-refractivity contribution in [1.82, 2.24) is 0 Å². The van der Waals surface area contributed by atoms with E-state index in [1.807, 2.05) is 13.8 Å². The molecule has 0 aromatic carbocycles. The highest BCUT2D eigenvalue weighted by Crippen LogP contribution is 2.37. The molecule has 0 bridgehead atoms. The molecule has 0 amide bonds. The predicted octanol–water partition coefficient (Wildman–Crippen LogP) is 0.260. The van der Waals surface area contributed by atoms with E-state index in [1.165, 1.54) is 0 Å². The maximum absolute atomic E-state index is 9.21. The molecule has 2 aliphatic heterocycles. The van der Waals surface area contributed by atoms with Gasteiger partial charge in [-0.15, -0.1) is 0 Å². The molecule has 2 heterocycles. The lowest BCUT2D eigenvalue weighted by molar-refractivity contribution is -0.228. The molecule has 0 aliphatic carbocycles. The van der Waals surface area contributed by atoms with Gasteiger partial charge in [-0.05, 0) is 13.8 Å². The van der Waals surface area contributed by atoms with E-state index < -0.39 is 5.79 Å². The third-order valence-electron chi connectivity index (χ3n) is 2.78. The quantitative estimate of drug-likeness (QED) is 0.720. The molecule has 2 rings (SSSR count). The fraction of sp³-hybridized carbons (Fsp3) is 1.00. The molecule has 1 N–H and O–H groups in total. The summed E-state index contributed by atoms with van der Waals surface area (Å²) in [5.74, 6) is -0.602. The minimum Gasteiger partial charge on any atom is -0.394 e. The Hall–Kier alpha value is -0.200. The van der Waals surface area contributed by atoms with Crippen LogP contribution in [0.15, 0.2) is 0 Å². The van der Waals surface area contributed by atoms with Gasteiger partial charge in [0.2, 0.25) is 0 Å². The van der Waals surface area contributed by atoms with Crippen LogP contribution in [-0.2, 0) is 18.9 Å². The average Bonchev–Trinajstić information content (AvgIpc) is 2.50. The first-order valence-electron chi connectivity index (χ1n) is 5.20. The van der Waals surface area contributed by atoms with Gasteiger partial charge in [0.25, 0.3) is 0 Å². The number of rotatable bonds is 2. The number of methoxy groups -OCH3 is 1. The molecule has 0 saturated carbocycles. The van der Waals surface area contributed by atoms with Crippen molar-refractivity contribution in [3.05, 3.63) is 0 Å². The Morgan fingerprint density at radius 1 is 1.40 bits per heavy atom. The topological polar surface area (TPSA) is 57.2 Å². The van der Waals surface area contributed by atoms with Crippen LogP contribution in [0, 0.1) is 0 Å². The van der Waals surface area contributed by atoms with Gasteiger partial charge >= 0.3 is 0 Å². The summed E-state index contributed by atoms with van der Waals surface area (Å²) in [6.45, 7) is 3.64. The zero-order chi connectivity index (χ0) is 11.1. The minimum absolute atomic E-state index is 0.0594. The summed E-state index contributed by atoms with van der Waals surface area (Å²) in [7, 11) is 1.58. The van der Waals surface area contributed by atoms with Crippen molar-refractivity contribution in [2.75, 3.05) is 13.7 Å². The normalized spacial score (nSPS) is 44.0. The number of ether oxygens (including phenoxy) is 4. The number of hydrogen-bond donors (Lipinski definition) is 1. The third-order valence-corrected chi connectivity index (χ3v) is 2.78. The Bertz CT molecular complexity index is 230. The van der Waals surface area contributed by atoms with Crippen LogP contribution in [0.4, 0.5) is 0 Å². The molecule has 5 nitrogen and oxygen atoms in total. The van der Waals surface area contributed by atoms with Crippen LogP contribution < -0.4 is 0 Å². The number of aliphatic hydroxyl groups is 1. The largest absolute Gasteiger partial charge is 0.394 e. The molecule has 2 saturated heterocycles. The standard InChI is InChI=1S/C10H18O5/c1-10(2)14-6-4-8(12-3)13-7(5-11)9(6)15-10/h6-9,11H,4-5H2,1-3H3/t6?,7?,8-,9?/m0/s1. The fourth-order valence-corrected chi connectivity index (χ4v) is 2.18. The second-order valence-corrected chi connectivity index (χ2v) is 4.40. The molecular weight excluding hydrogens is 200 g/mol. The van der Waals surface area contributed by atoms with Crippen LogP contribution >= 0.6 is 0 Å². The van der Waals surface area contributed by atoms with Crippen molar-refractivity contribution in [1.29, 1.82) is 0 Å². The van der Waals surface area contributed by atoms with Gasteiger partial charge < -0.3 is 24.1 Å². The summed E-state index contributed by atoms with van der Waals surface area (Å²) in [6, 6.07) is 0. The van der Waals surface area contributed by atoms with Crippen molar-refractivity contribution in [3.8, 4) is 0 Å². The zero-order valence-electron chi connectivity index (χ0n) is 9.30. The molecule has 5 heteroatoms. The van der Waals surface area contributed by atoms with Crippen molar-refractivity contribution in [2.24, 2.45) is 0 Å². The first-order chi connectivity index (χ1) is 7.05. The van der Waals surface area contributed by atoms with Gasteiger partial charge in [0.05, 0.1) is 12.7 Å². The average molecular weight is 218 g/mol. The first-order valence-corrected chi connectivity index (χ1v) is 5.20. The van der Waals surface area contributed by atoms with Gasteiger partial charge in [0.1, 0.15) is 12.2 Å². The lowest BCUT2D eigenvalue weighted by atomic mass is 10.0. The number of fused-ring (bicyclic) bond motifs is 1. The summed E-state index contributed by atoms with van der Waals surface area (Å²) in [4.78, 5) is 0. The summed E-state index contributed by atoms with van der Waals surface area (Å²) >= 11 is 0. The van der Waals surface area contributed by atoms with E-state index in [0.29, 0.717) is 6.42 Å². The summed E-state index contributed by atoms with van der Waals surface area (Å²) in [5.41, 5.74) is 0. The number of hydrogen-bond acceptors (Lipinski definition) is 5. The first kappa shape index (κ1) is 11.3. The van der Waals surface area contributed by atoms with Crippen LogP contribution in [-0.4, -0.2) is 49.2 Å². The fourth-order valence-electron chi connectivity index (χ4n) is 2.18. The van der Waals surface area contributed by atoms with Crippen LogP contribution in [0.1, 0.15) is 20.3 Å². The second kappa shape index (κ2) is 3.99. The second-order valence-electron chi connectivity index (χ2n) is 4.40. The molecule has 88 valence electrons. The highest BCUT2D eigenvalue weighted by molar-refractivity contribution is 4.91. The minimum atomic E-state index is -0.602. The van der Waals surface area contributed by atoms with E-state index in [-0.39, 0.29) is 31.2 Å². The molecule has 0 spiro atoms. The SMILES string of the molecule is CO[C@@H]1CC2OC(C)(C)OC2C(CO)O1. The van der Waals surface area contributed by atoms with Gasteiger partial charge in [0.15, 0.2) is 12.1 Å². The highest BCUT2D eigenvalue weighted by Gasteiger charge is 2.49. The Morgan fingerprint density at radius 2 is 2.13 bits per heavy atom. The maximum atomic E-state index is 9.21. The molecular formula is C10H18O5. The maximum Gasteiger partial charge on any atom is 0.163 e. The van der Waals surface area contributed by atoms with Crippen LogP contribution in [0.5, 0.6) is 0 Å². The van der Waals surface area contributed by atoms with Crippen molar-refractivity contribution in [2.45, 2.75) is 50.7 Å². The third kappa shape index (κ3) is 2.16. The Labute approximate surface area is 89.3 Å². The Morgan fingerprint density at radius 3 is 2.73 bits per heavy atom. The van der Waals surface area contributed by atoms with Crippen LogP contribution in [0.25, 0.3) is 0 Å². The van der Waals surface area contributed by atoms with Crippen LogP contribution in [0.2, 0.25) is 0 Å². The van der Waals surface area contributed by atoms with E-state index >= 15 is 0 Å². The van der Waals surface area contributed by atoms with Crippen molar-refractivity contribution >= 4 is 0 Å². The summed E-state index contributed by atoms with van der Waals surface area (Å²) in [5, 5.41) is 9.21. The monoisotopic (exact) mass is 218 g/mol. The van der Waals surface area contributed by atoms with E-state index in [9.17, 15) is 5.11 Å². The molecule has 2 aliphatic rings. The number of aliphatic hydroxyl groups excluding tert-OH is 1. The lowest BCUT2D eigenvalue weighted by Crippen LogP contribution is -2.48. The molecule has 0 aromatic heterocycles. The molecule has 2 fully saturated rings. The van der Waals surface area contributed by atoms with Gasteiger partial charge in [0, 0.05) is 13.5 Å². The van der Waals surface area contributed by atoms with Gasteiger partial charge in [-0.1, -0.05) is 0 Å². The zero-order valence-corrected chi connectivity index (χ0v) is 9.30. The van der Waals surface area contributed by atoms with E-state index in [1.54, 1.807) is 7.11 Å². The molecule has 3 unspecified atom stereocenters. The van der Waals surface area contributed by atoms with Crippen molar-refractivity contribution < 1.29 is 24.1 Å². The Balaban J connectivity index is 2.09. The Kier molecular flexibility index (Phi) is 3.00. The van der Waals surface area contributed by atoms with Gasteiger partial charge in [-0.25, -0.2) is 0 Å². The molecule has 0 aromatic rings. The molecule has 0 radical (unpaired) electrons. The van der Waals surface area contributed by atoms with E-state index in [4.69, 9.17) is 18.9 Å². The van der Waals surface area contributed by atoms with Crippen molar-refractivity contribution in [3.63, 3.8) is 0 Å². The molecule has 15 heavy (non-hydrogen) atoms. The summed E-state index contributed by atoms with van der Waals surface area (Å²) in [6.07, 6.45) is -0.301. The van der Waals surface area contributed by atoms with E-state index in [2.05, 4.69) is 0 Å². The molecule has 4 atom stereocenters. The predicted molar refractivity (Wildman–Crippen MR) is 51.2 cm³/mol. The smallest absolute Gasteiger partial charge is 0.163 e. The summed E-state index contributed by atoms with van der Waals surface area (Å²) < 4.78 is 22.1. The van der Waals surface area contributed by atoms with Crippen LogP contribution in [0.3, 0.4) is 0 Å². The van der Waals surface area contributed by atoms with Gasteiger partial charge in [-0.2, -0.15) is 0 Å². The van der Waals surface area contributed by atoms with Gasteiger partial charge in [-0.3, -0.25) is 0 Å². The van der Waals surface area contributed by atoms with E-state index in [0.717, 1.165) is 0 Å². The highest BCUT2D eigenvalue weighted by atomic mass is 16.8. The lowest BCUT2D eigenvalue weighted by Gasteiger charge is -2.34.